The number of hydrogen-bond acceptors (Lipinski definition) is 5. The number of non-ortho nitro benzene ring substituents is 1. The van der Waals surface area contributed by atoms with Crippen molar-refractivity contribution in [3.63, 3.8) is 0 Å². The average molecular weight is 297 g/mol. The summed E-state index contributed by atoms with van der Waals surface area (Å²) in [5, 5.41) is 13.7. The zero-order chi connectivity index (χ0) is 14.4. The van der Waals surface area contributed by atoms with Crippen LogP contribution in [0.1, 0.15) is 12.8 Å². The molecular formula is C12H15N3O4S. The molecule has 1 aliphatic carbocycles. The molecule has 2 fully saturated rings. The van der Waals surface area contributed by atoms with E-state index >= 15 is 0 Å². The summed E-state index contributed by atoms with van der Waals surface area (Å²) < 4.78 is 27.4. The van der Waals surface area contributed by atoms with E-state index in [2.05, 4.69) is 10.0 Å². The molecule has 1 saturated carbocycles. The van der Waals surface area contributed by atoms with Crippen LogP contribution in [0.25, 0.3) is 0 Å². The number of sulfonamides is 1. The maximum atomic E-state index is 12.3. The first kappa shape index (κ1) is 13.5. The van der Waals surface area contributed by atoms with Gasteiger partial charge in [0.05, 0.1) is 9.82 Å². The Bertz CT molecular complexity index is 633. The summed E-state index contributed by atoms with van der Waals surface area (Å²) in [7, 11) is -3.62. The Hall–Kier alpha value is -1.51. The zero-order valence-corrected chi connectivity index (χ0v) is 11.5. The lowest BCUT2D eigenvalue weighted by molar-refractivity contribution is -0.384. The minimum atomic E-state index is -3.62. The van der Waals surface area contributed by atoms with Crippen molar-refractivity contribution in [1.82, 2.24) is 10.0 Å². The number of nitrogens with zero attached hydrogens (tertiary/aromatic N) is 1. The number of nitro benzene ring substituents is 1. The lowest BCUT2D eigenvalue weighted by Crippen LogP contribution is -2.56. The van der Waals surface area contributed by atoms with Crippen LogP contribution in [0.4, 0.5) is 5.69 Å². The molecular weight excluding hydrogens is 282 g/mol. The van der Waals surface area contributed by atoms with Gasteiger partial charge in [0.1, 0.15) is 0 Å². The number of rotatable bonds is 5. The van der Waals surface area contributed by atoms with E-state index in [1.807, 2.05) is 0 Å². The van der Waals surface area contributed by atoms with E-state index in [1.54, 1.807) is 0 Å². The SMILES string of the molecule is O=[N+]([O-])c1ccc(S(=O)(=O)NC2(C3CNC3)CC2)cc1. The predicted molar refractivity (Wildman–Crippen MR) is 71.7 cm³/mol. The van der Waals surface area contributed by atoms with E-state index in [0.717, 1.165) is 25.9 Å². The molecule has 2 aliphatic rings. The summed E-state index contributed by atoms with van der Waals surface area (Å²) in [5.41, 5.74) is -0.431. The maximum absolute atomic E-state index is 12.3. The van der Waals surface area contributed by atoms with Crippen molar-refractivity contribution in [2.24, 2.45) is 5.92 Å². The molecule has 7 nitrogen and oxygen atoms in total. The number of nitrogens with one attached hydrogen (secondary N) is 2. The van der Waals surface area contributed by atoms with Gasteiger partial charge in [-0.2, -0.15) is 0 Å². The summed E-state index contributed by atoms with van der Waals surface area (Å²) in [6, 6.07) is 4.96. The van der Waals surface area contributed by atoms with Crippen LogP contribution in [-0.4, -0.2) is 32.0 Å². The second kappa shape index (κ2) is 4.51. The van der Waals surface area contributed by atoms with E-state index < -0.39 is 14.9 Å². The quantitative estimate of drug-likeness (QED) is 0.613. The second-order valence-corrected chi connectivity index (χ2v) is 7.05. The van der Waals surface area contributed by atoms with Gasteiger partial charge in [-0.1, -0.05) is 0 Å². The smallest absolute Gasteiger partial charge is 0.269 e. The van der Waals surface area contributed by atoms with Crippen molar-refractivity contribution in [3.05, 3.63) is 34.4 Å². The summed E-state index contributed by atoms with van der Waals surface area (Å²) >= 11 is 0. The van der Waals surface area contributed by atoms with Gasteiger partial charge in [0.25, 0.3) is 5.69 Å². The Kier molecular flexibility index (Phi) is 3.03. The lowest BCUT2D eigenvalue weighted by Gasteiger charge is -2.35. The highest BCUT2D eigenvalue weighted by Gasteiger charge is 2.53. The number of benzene rings is 1. The molecule has 0 unspecified atom stereocenters. The highest BCUT2D eigenvalue weighted by Crippen LogP contribution is 2.45. The maximum Gasteiger partial charge on any atom is 0.269 e. The molecule has 0 aromatic heterocycles. The van der Waals surface area contributed by atoms with Gasteiger partial charge in [0, 0.05) is 36.7 Å². The van der Waals surface area contributed by atoms with Crippen molar-refractivity contribution in [2.45, 2.75) is 23.3 Å². The van der Waals surface area contributed by atoms with Crippen molar-refractivity contribution in [1.29, 1.82) is 0 Å². The van der Waals surface area contributed by atoms with Gasteiger partial charge in [0.15, 0.2) is 0 Å². The molecule has 0 spiro atoms. The van der Waals surface area contributed by atoms with E-state index in [9.17, 15) is 18.5 Å². The molecule has 20 heavy (non-hydrogen) atoms. The molecule has 0 atom stereocenters. The zero-order valence-electron chi connectivity index (χ0n) is 10.7. The highest BCUT2D eigenvalue weighted by atomic mass is 32.2. The standard InChI is InChI=1S/C12H15N3O4S/c16-15(17)10-1-3-11(4-2-10)20(18,19)14-12(5-6-12)9-7-13-8-9/h1-4,9,13-14H,5-8H2. The van der Waals surface area contributed by atoms with Crippen LogP contribution in [-0.2, 0) is 10.0 Å². The van der Waals surface area contributed by atoms with Crippen LogP contribution < -0.4 is 10.0 Å². The molecule has 1 saturated heterocycles. The minimum Gasteiger partial charge on any atom is -0.316 e. The number of hydrogen-bond donors (Lipinski definition) is 2. The first-order valence-electron chi connectivity index (χ1n) is 6.42. The Morgan fingerprint density at radius 2 is 1.85 bits per heavy atom. The molecule has 1 heterocycles. The monoisotopic (exact) mass is 297 g/mol. The predicted octanol–water partition coefficient (Wildman–Crippen LogP) is 0.625. The van der Waals surface area contributed by atoms with Gasteiger partial charge < -0.3 is 5.32 Å². The van der Waals surface area contributed by atoms with E-state index in [4.69, 9.17) is 0 Å². The van der Waals surface area contributed by atoms with Crippen molar-refractivity contribution in [3.8, 4) is 0 Å². The Morgan fingerprint density at radius 3 is 2.25 bits per heavy atom. The lowest BCUT2D eigenvalue weighted by atomic mass is 9.92. The molecule has 2 N–H and O–H groups in total. The van der Waals surface area contributed by atoms with Gasteiger partial charge in [-0.3, -0.25) is 10.1 Å². The molecule has 8 heteroatoms. The largest absolute Gasteiger partial charge is 0.316 e. The Labute approximate surface area is 116 Å². The van der Waals surface area contributed by atoms with Crippen molar-refractivity contribution >= 4 is 15.7 Å². The van der Waals surface area contributed by atoms with Crippen LogP contribution in [0, 0.1) is 16.0 Å². The normalized spacial score (nSPS) is 21.2. The number of nitro groups is 1. The Balaban J connectivity index is 1.79. The summed E-state index contributed by atoms with van der Waals surface area (Å²) in [5.74, 6) is 0.343. The van der Waals surface area contributed by atoms with Crippen LogP contribution in [0.5, 0.6) is 0 Å². The molecule has 108 valence electrons. The molecule has 0 amide bonds. The molecule has 1 aliphatic heterocycles. The van der Waals surface area contributed by atoms with Gasteiger partial charge in [0.2, 0.25) is 10.0 Å². The summed E-state index contributed by atoms with van der Waals surface area (Å²) in [6.45, 7) is 1.67. The van der Waals surface area contributed by atoms with Gasteiger partial charge >= 0.3 is 0 Å². The summed E-state index contributed by atoms with van der Waals surface area (Å²) in [6.07, 6.45) is 1.71. The third-order valence-corrected chi connectivity index (χ3v) is 5.62. The molecule has 0 radical (unpaired) electrons. The fraction of sp³-hybridized carbons (Fsp3) is 0.500. The topological polar surface area (TPSA) is 101 Å². The molecule has 1 aromatic carbocycles. The van der Waals surface area contributed by atoms with E-state index in [0.29, 0.717) is 5.92 Å². The van der Waals surface area contributed by atoms with Gasteiger partial charge in [-0.05, 0) is 25.0 Å². The van der Waals surface area contributed by atoms with Crippen molar-refractivity contribution in [2.75, 3.05) is 13.1 Å². The van der Waals surface area contributed by atoms with Crippen LogP contribution >= 0.6 is 0 Å². The third kappa shape index (κ3) is 2.30. The van der Waals surface area contributed by atoms with Gasteiger partial charge in [-0.25, -0.2) is 13.1 Å². The average Bonchev–Trinajstić information content (AvgIpc) is 3.06. The third-order valence-electron chi connectivity index (χ3n) is 4.05. The van der Waals surface area contributed by atoms with Crippen LogP contribution in [0.3, 0.4) is 0 Å². The molecule has 3 rings (SSSR count). The minimum absolute atomic E-state index is 0.0710. The molecule has 0 bridgehead atoms. The van der Waals surface area contributed by atoms with E-state index in [1.165, 1.54) is 24.3 Å². The Morgan fingerprint density at radius 1 is 1.25 bits per heavy atom. The fourth-order valence-corrected chi connectivity index (χ4v) is 4.00. The second-order valence-electron chi connectivity index (χ2n) is 5.37. The fourth-order valence-electron chi connectivity index (χ4n) is 2.48. The van der Waals surface area contributed by atoms with E-state index in [-0.39, 0.29) is 16.1 Å². The highest BCUT2D eigenvalue weighted by molar-refractivity contribution is 7.89. The van der Waals surface area contributed by atoms with Crippen molar-refractivity contribution < 1.29 is 13.3 Å². The first-order chi connectivity index (χ1) is 9.43. The van der Waals surface area contributed by atoms with Gasteiger partial charge in [-0.15, -0.1) is 0 Å². The van der Waals surface area contributed by atoms with Crippen LogP contribution in [0.15, 0.2) is 29.2 Å². The first-order valence-corrected chi connectivity index (χ1v) is 7.90. The molecule has 1 aromatic rings. The summed E-state index contributed by atoms with van der Waals surface area (Å²) in [4.78, 5) is 10.1. The van der Waals surface area contributed by atoms with Crippen LogP contribution in [0.2, 0.25) is 0 Å².